The van der Waals surface area contributed by atoms with Crippen molar-refractivity contribution in [1.29, 1.82) is 0 Å². The maximum atomic E-state index is 5.87. The summed E-state index contributed by atoms with van der Waals surface area (Å²) in [6.45, 7) is 8.72. The Morgan fingerprint density at radius 2 is 2.00 bits per heavy atom. The molecule has 0 unspecified atom stereocenters. The summed E-state index contributed by atoms with van der Waals surface area (Å²) < 4.78 is 10.9. The molecule has 0 spiro atoms. The molecule has 0 saturated heterocycles. The molecule has 1 aromatic carbocycles. The van der Waals surface area contributed by atoms with Gasteiger partial charge in [0.2, 0.25) is 0 Å². The van der Waals surface area contributed by atoms with Gasteiger partial charge in [0.25, 0.3) is 0 Å². The Morgan fingerprint density at radius 3 is 2.67 bits per heavy atom. The molecular weight excluding hydrogens is 264 g/mol. The van der Waals surface area contributed by atoms with Crippen LogP contribution in [0.2, 0.25) is 0 Å². The molecule has 0 aliphatic heterocycles. The highest BCUT2D eigenvalue weighted by Crippen LogP contribution is 2.28. The lowest BCUT2D eigenvalue weighted by atomic mass is 10.1. The van der Waals surface area contributed by atoms with Crippen LogP contribution in [0.25, 0.3) is 10.9 Å². The molecule has 0 bridgehead atoms. The van der Waals surface area contributed by atoms with Crippen LogP contribution < -0.4 is 4.74 Å². The molecule has 4 heteroatoms. The van der Waals surface area contributed by atoms with E-state index in [1.807, 2.05) is 13.0 Å². The van der Waals surface area contributed by atoms with Crippen LogP contribution in [0, 0.1) is 13.8 Å². The van der Waals surface area contributed by atoms with Gasteiger partial charge in [-0.05, 0) is 37.5 Å². The Labute approximate surface area is 124 Å². The lowest BCUT2D eigenvalue weighted by Crippen LogP contribution is -1.97. The zero-order valence-electron chi connectivity index (χ0n) is 12.9. The predicted molar refractivity (Wildman–Crippen MR) is 82.7 cm³/mol. The molecule has 2 heterocycles. The number of ether oxygens (including phenoxy) is 1. The molecule has 0 aliphatic carbocycles. The van der Waals surface area contributed by atoms with Crippen LogP contribution in [0.1, 0.15) is 42.5 Å². The first kappa shape index (κ1) is 13.7. The van der Waals surface area contributed by atoms with Crippen LogP contribution in [0.5, 0.6) is 5.75 Å². The molecule has 0 amide bonds. The fourth-order valence-corrected chi connectivity index (χ4v) is 2.40. The fourth-order valence-electron chi connectivity index (χ4n) is 2.40. The second kappa shape index (κ2) is 5.28. The van der Waals surface area contributed by atoms with Gasteiger partial charge in [-0.15, -0.1) is 0 Å². The van der Waals surface area contributed by atoms with Crippen molar-refractivity contribution in [3.05, 3.63) is 47.0 Å². The maximum absolute atomic E-state index is 5.87. The van der Waals surface area contributed by atoms with Crippen LogP contribution >= 0.6 is 0 Å². The van der Waals surface area contributed by atoms with E-state index in [1.165, 1.54) is 11.1 Å². The largest absolute Gasteiger partial charge is 0.487 e. The monoisotopic (exact) mass is 284 g/mol. The van der Waals surface area contributed by atoms with Gasteiger partial charge in [-0.3, -0.25) is 0 Å². The number of hydrogen-bond acceptors (Lipinski definition) is 3. The summed E-state index contributed by atoms with van der Waals surface area (Å²) in [5.74, 6) is 2.16. The molecule has 0 saturated carbocycles. The van der Waals surface area contributed by atoms with E-state index in [9.17, 15) is 0 Å². The van der Waals surface area contributed by atoms with E-state index < -0.39 is 0 Å². The Bertz CT molecular complexity index is 768. The van der Waals surface area contributed by atoms with Crippen LogP contribution in [-0.2, 0) is 6.61 Å². The highest BCUT2D eigenvalue weighted by Gasteiger charge is 2.09. The van der Waals surface area contributed by atoms with Crippen molar-refractivity contribution in [1.82, 2.24) is 10.1 Å². The molecule has 2 aromatic heterocycles. The van der Waals surface area contributed by atoms with Crippen molar-refractivity contribution in [3.8, 4) is 5.75 Å². The summed E-state index contributed by atoms with van der Waals surface area (Å²) in [5.41, 5.74) is 4.28. The second-order valence-corrected chi connectivity index (χ2v) is 5.80. The number of fused-ring (bicyclic) bond motifs is 1. The molecule has 0 atom stereocenters. The summed E-state index contributed by atoms with van der Waals surface area (Å²) in [4.78, 5) is 3.45. The third-order valence-electron chi connectivity index (χ3n) is 3.61. The Balaban J connectivity index is 1.86. The van der Waals surface area contributed by atoms with E-state index in [0.717, 1.165) is 28.3 Å². The predicted octanol–water partition coefficient (Wildman–Crippen LogP) is 4.48. The zero-order valence-corrected chi connectivity index (χ0v) is 12.9. The van der Waals surface area contributed by atoms with Crippen LogP contribution in [0.15, 0.2) is 28.8 Å². The minimum Gasteiger partial charge on any atom is -0.487 e. The number of rotatable bonds is 4. The van der Waals surface area contributed by atoms with Crippen molar-refractivity contribution in [2.24, 2.45) is 0 Å². The SMILES string of the molecule is Cc1cc(COc2cc3[nH]c(C(C)C)cc3cc2C)no1. The Hall–Kier alpha value is -2.23. The van der Waals surface area contributed by atoms with Gasteiger partial charge >= 0.3 is 0 Å². The maximum Gasteiger partial charge on any atom is 0.134 e. The highest BCUT2D eigenvalue weighted by molar-refractivity contribution is 5.83. The van der Waals surface area contributed by atoms with E-state index in [-0.39, 0.29) is 0 Å². The van der Waals surface area contributed by atoms with E-state index in [1.54, 1.807) is 0 Å². The van der Waals surface area contributed by atoms with Gasteiger partial charge in [-0.2, -0.15) is 0 Å². The van der Waals surface area contributed by atoms with E-state index in [4.69, 9.17) is 9.26 Å². The number of aromatic nitrogens is 2. The summed E-state index contributed by atoms with van der Waals surface area (Å²) in [6.07, 6.45) is 0. The first-order valence-electron chi connectivity index (χ1n) is 7.21. The molecule has 0 radical (unpaired) electrons. The highest BCUT2D eigenvalue weighted by atomic mass is 16.5. The molecule has 0 fully saturated rings. The second-order valence-electron chi connectivity index (χ2n) is 5.80. The average Bonchev–Trinajstić information content (AvgIpc) is 3.02. The van der Waals surface area contributed by atoms with Crippen molar-refractivity contribution in [2.75, 3.05) is 0 Å². The van der Waals surface area contributed by atoms with Gasteiger partial charge < -0.3 is 14.2 Å². The quantitative estimate of drug-likeness (QED) is 0.768. The smallest absolute Gasteiger partial charge is 0.134 e. The summed E-state index contributed by atoms with van der Waals surface area (Å²) in [6, 6.07) is 8.31. The molecular formula is C17H20N2O2. The Kier molecular flexibility index (Phi) is 3.45. The van der Waals surface area contributed by atoms with Crippen molar-refractivity contribution < 1.29 is 9.26 Å². The number of benzene rings is 1. The van der Waals surface area contributed by atoms with Crippen molar-refractivity contribution >= 4 is 10.9 Å². The summed E-state index contributed by atoms with van der Waals surface area (Å²) in [5, 5.41) is 5.17. The van der Waals surface area contributed by atoms with E-state index >= 15 is 0 Å². The van der Waals surface area contributed by atoms with Gasteiger partial charge in [0.1, 0.15) is 23.8 Å². The van der Waals surface area contributed by atoms with E-state index in [0.29, 0.717) is 12.5 Å². The number of aromatic amines is 1. The lowest BCUT2D eigenvalue weighted by molar-refractivity contribution is 0.286. The number of nitrogens with one attached hydrogen (secondary N) is 1. The molecule has 110 valence electrons. The average molecular weight is 284 g/mol. The Morgan fingerprint density at radius 1 is 1.19 bits per heavy atom. The number of hydrogen-bond donors (Lipinski definition) is 1. The molecule has 4 nitrogen and oxygen atoms in total. The molecule has 21 heavy (non-hydrogen) atoms. The first-order valence-corrected chi connectivity index (χ1v) is 7.21. The van der Waals surface area contributed by atoms with E-state index in [2.05, 4.69) is 49.1 Å². The zero-order chi connectivity index (χ0) is 15.0. The first-order chi connectivity index (χ1) is 10.0. The topological polar surface area (TPSA) is 51.0 Å². The van der Waals surface area contributed by atoms with Gasteiger partial charge in [0, 0.05) is 28.7 Å². The minimum atomic E-state index is 0.418. The van der Waals surface area contributed by atoms with Gasteiger partial charge in [0.05, 0.1) is 0 Å². The van der Waals surface area contributed by atoms with Gasteiger partial charge in [-0.25, -0.2) is 0 Å². The minimum absolute atomic E-state index is 0.418. The fraction of sp³-hybridized carbons (Fsp3) is 0.353. The van der Waals surface area contributed by atoms with Crippen LogP contribution in [0.3, 0.4) is 0 Å². The molecule has 3 rings (SSSR count). The third-order valence-corrected chi connectivity index (χ3v) is 3.61. The van der Waals surface area contributed by atoms with Crippen molar-refractivity contribution in [3.63, 3.8) is 0 Å². The van der Waals surface area contributed by atoms with Crippen molar-refractivity contribution in [2.45, 2.75) is 40.2 Å². The number of nitrogens with zero attached hydrogens (tertiary/aromatic N) is 1. The normalized spacial score (nSPS) is 11.5. The van der Waals surface area contributed by atoms with Crippen LogP contribution in [-0.4, -0.2) is 10.1 Å². The standard InChI is InChI=1S/C17H20N2O2/c1-10(2)15-7-13-5-11(3)17(8-16(13)18-15)20-9-14-6-12(4)21-19-14/h5-8,10,18H,9H2,1-4H3. The molecule has 1 N–H and O–H groups in total. The van der Waals surface area contributed by atoms with Gasteiger partial charge in [-0.1, -0.05) is 19.0 Å². The molecule has 0 aliphatic rings. The van der Waals surface area contributed by atoms with Crippen LogP contribution in [0.4, 0.5) is 0 Å². The summed E-state index contributed by atoms with van der Waals surface area (Å²) in [7, 11) is 0. The summed E-state index contributed by atoms with van der Waals surface area (Å²) >= 11 is 0. The number of H-pyrrole nitrogens is 1. The lowest BCUT2D eigenvalue weighted by Gasteiger charge is -2.07. The molecule has 3 aromatic rings. The van der Waals surface area contributed by atoms with Gasteiger partial charge in [0.15, 0.2) is 0 Å². The number of aryl methyl sites for hydroxylation is 2. The third kappa shape index (κ3) is 2.79.